The van der Waals surface area contributed by atoms with Gasteiger partial charge in [-0.05, 0) is 18.9 Å². The van der Waals surface area contributed by atoms with E-state index in [1.54, 1.807) is 6.08 Å². The maximum atomic E-state index is 4.22. The molecule has 1 aromatic heterocycles. The Morgan fingerprint density at radius 2 is 2.38 bits per heavy atom. The van der Waals surface area contributed by atoms with Crippen LogP contribution in [0.2, 0.25) is 0 Å². The second-order valence-electron chi connectivity index (χ2n) is 2.91. The number of hydrogen-bond donors (Lipinski definition) is 1. The van der Waals surface area contributed by atoms with Crippen LogP contribution in [0, 0.1) is 0 Å². The Morgan fingerprint density at radius 1 is 1.54 bits per heavy atom. The van der Waals surface area contributed by atoms with Gasteiger partial charge in [0.15, 0.2) is 0 Å². The number of aryl methyl sites for hydroxylation is 1. The van der Waals surface area contributed by atoms with Crippen LogP contribution >= 0.6 is 0 Å². The summed E-state index contributed by atoms with van der Waals surface area (Å²) >= 11 is 0. The van der Waals surface area contributed by atoms with Gasteiger partial charge in [0.2, 0.25) is 0 Å². The normalized spacial score (nSPS) is 10.8. The molecule has 0 fully saturated rings. The molecular formula is C11H16N2. The van der Waals surface area contributed by atoms with Crippen molar-refractivity contribution in [1.82, 2.24) is 9.97 Å². The molecule has 2 nitrogen and oxygen atoms in total. The topological polar surface area (TPSA) is 28.7 Å². The summed E-state index contributed by atoms with van der Waals surface area (Å²) in [6, 6.07) is 0. The van der Waals surface area contributed by atoms with Gasteiger partial charge in [0.1, 0.15) is 5.82 Å². The van der Waals surface area contributed by atoms with Crippen LogP contribution in [-0.4, -0.2) is 9.97 Å². The molecule has 0 unspecified atom stereocenters. The van der Waals surface area contributed by atoms with Crippen molar-refractivity contribution in [1.29, 1.82) is 0 Å². The van der Waals surface area contributed by atoms with Crippen molar-refractivity contribution in [2.45, 2.75) is 26.2 Å². The van der Waals surface area contributed by atoms with E-state index in [1.165, 1.54) is 0 Å². The predicted molar refractivity (Wildman–Crippen MR) is 56.4 cm³/mol. The molecule has 1 heterocycles. The van der Waals surface area contributed by atoms with Crippen molar-refractivity contribution in [2.24, 2.45) is 0 Å². The van der Waals surface area contributed by atoms with Gasteiger partial charge in [-0.1, -0.05) is 25.7 Å². The van der Waals surface area contributed by atoms with E-state index in [-0.39, 0.29) is 0 Å². The van der Waals surface area contributed by atoms with Crippen molar-refractivity contribution in [3.63, 3.8) is 0 Å². The monoisotopic (exact) mass is 176 g/mol. The molecule has 70 valence electrons. The fraction of sp³-hybridized carbons (Fsp3) is 0.364. The van der Waals surface area contributed by atoms with Crippen molar-refractivity contribution in [3.8, 4) is 0 Å². The zero-order valence-corrected chi connectivity index (χ0v) is 8.09. The molecule has 1 aromatic rings. The average molecular weight is 176 g/mol. The standard InChI is InChI=1S/C11H16N2/c1-3-5-6-7-8-11-12-9-10(4-2)13-11/h4-6,9H,2-3,7-8H2,1H3,(H,12,13)/b6-5-. The molecule has 0 atom stereocenters. The first-order chi connectivity index (χ1) is 6.36. The lowest BCUT2D eigenvalue weighted by atomic mass is 10.2. The van der Waals surface area contributed by atoms with Gasteiger partial charge in [0.05, 0.1) is 11.9 Å². The minimum atomic E-state index is 0.977. The van der Waals surface area contributed by atoms with Gasteiger partial charge in [-0.25, -0.2) is 4.98 Å². The van der Waals surface area contributed by atoms with Gasteiger partial charge in [-0.2, -0.15) is 0 Å². The van der Waals surface area contributed by atoms with Crippen LogP contribution in [0.5, 0.6) is 0 Å². The first kappa shape index (κ1) is 9.78. The Labute approximate surface area is 79.4 Å². The summed E-state index contributed by atoms with van der Waals surface area (Å²) in [6.07, 6.45) is 11.1. The summed E-state index contributed by atoms with van der Waals surface area (Å²) in [6.45, 7) is 5.81. The Bertz CT molecular complexity index is 284. The Kier molecular flexibility index (Phi) is 4.03. The molecule has 0 aliphatic carbocycles. The molecule has 0 radical (unpaired) electrons. The highest BCUT2D eigenvalue weighted by molar-refractivity contribution is 5.39. The molecule has 0 bridgehead atoms. The van der Waals surface area contributed by atoms with Crippen LogP contribution in [0.1, 0.15) is 31.3 Å². The number of H-pyrrole nitrogens is 1. The Morgan fingerprint density at radius 3 is 3.00 bits per heavy atom. The van der Waals surface area contributed by atoms with E-state index in [1.807, 2.05) is 6.20 Å². The minimum Gasteiger partial charge on any atom is -0.343 e. The zero-order valence-electron chi connectivity index (χ0n) is 8.09. The maximum Gasteiger partial charge on any atom is 0.106 e. The molecule has 2 heteroatoms. The van der Waals surface area contributed by atoms with Crippen molar-refractivity contribution < 1.29 is 0 Å². The fourth-order valence-corrected chi connectivity index (χ4v) is 1.11. The van der Waals surface area contributed by atoms with Gasteiger partial charge in [0.25, 0.3) is 0 Å². The number of imidazole rings is 1. The number of allylic oxidation sites excluding steroid dienone is 2. The number of aromatic amines is 1. The summed E-state index contributed by atoms with van der Waals surface area (Å²) in [5, 5.41) is 0. The van der Waals surface area contributed by atoms with E-state index in [9.17, 15) is 0 Å². The average Bonchev–Trinajstić information content (AvgIpc) is 2.60. The van der Waals surface area contributed by atoms with Gasteiger partial charge in [-0.3, -0.25) is 0 Å². The quantitative estimate of drug-likeness (QED) is 0.686. The molecule has 0 saturated carbocycles. The zero-order chi connectivity index (χ0) is 9.52. The van der Waals surface area contributed by atoms with E-state index >= 15 is 0 Å². The molecular weight excluding hydrogens is 160 g/mol. The van der Waals surface area contributed by atoms with Gasteiger partial charge in [-0.15, -0.1) is 0 Å². The van der Waals surface area contributed by atoms with Crippen molar-refractivity contribution >= 4 is 6.08 Å². The molecule has 0 spiro atoms. The third-order valence-corrected chi connectivity index (χ3v) is 1.82. The Balaban J connectivity index is 2.36. The largest absolute Gasteiger partial charge is 0.343 e. The predicted octanol–water partition coefficient (Wildman–Crippen LogP) is 2.95. The van der Waals surface area contributed by atoms with Gasteiger partial charge in [0, 0.05) is 6.42 Å². The highest BCUT2D eigenvalue weighted by Crippen LogP contribution is 2.01. The van der Waals surface area contributed by atoms with Crippen LogP contribution in [0.15, 0.2) is 24.9 Å². The summed E-state index contributed by atoms with van der Waals surface area (Å²) < 4.78 is 0. The lowest BCUT2D eigenvalue weighted by molar-refractivity contribution is 0.905. The van der Waals surface area contributed by atoms with E-state index < -0.39 is 0 Å². The number of hydrogen-bond acceptors (Lipinski definition) is 1. The third-order valence-electron chi connectivity index (χ3n) is 1.82. The smallest absolute Gasteiger partial charge is 0.106 e. The van der Waals surface area contributed by atoms with Crippen molar-refractivity contribution in [3.05, 3.63) is 36.4 Å². The lowest BCUT2D eigenvalue weighted by Gasteiger charge is -1.90. The van der Waals surface area contributed by atoms with Crippen LogP contribution < -0.4 is 0 Å². The molecule has 0 aliphatic heterocycles. The number of rotatable bonds is 5. The minimum absolute atomic E-state index is 0.977. The van der Waals surface area contributed by atoms with Crippen molar-refractivity contribution in [2.75, 3.05) is 0 Å². The van der Waals surface area contributed by atoms with Gasteiger partial charge >= 0.3 is 0 Å². The van der Waals surface area contributed by atoms with E-state index in [0.717, 1.165) is 30.8 Å². The van der Waals surface area contributed by atoms with Crippen LogP contribution in [0.3, 0.4) is 0 Å². The summed E-state index contributed by atoms with van der Waals surface area (Å²) in [7, 11) is 0. The number of aromatic nitrogens is 2. The molecule has 1 N–H and O–H groups in total. The van der Waals surface area contributed by atoms with E-state index in [0.29, 0.717) is 0 Å². The first-order valence-electron chi connectivity index (χ1n) is 4.68. The molecule has 13 heavy (non-hydrogen) atoms. The third kappa shape index (κ3) is 3.28. The first-order valence-corrected chi connectivity index (χ1v) is 4.68. The van der Waals surface area contributed by atoms with Crippen LogP contribution in [0.25, 0.3) is 6.08 Å². The SMILES string of the molecule is C=Cc1cnc(CC/C=C\CC)[nH]1. The van der Waals surface area contributed by atoms with Gasteiger partial charge < -0.3 is 4.98 Å². The number of nitrogens with one attached hydrogen (secondary N) is 1. The molecule has 1 rings (SSSR count). The summed E-state index contributed by atoms with van der Waals surface area (Å²) in [5.41, 5.74) is 0.995. The summed E-state index contributed by atoms with van der Waals surface area (Å²) in [4.78, 5) is 7.40. The number of nitrogens with zero attached hydrogens (tertiary/aromatic N) is 1. The van der Waals surface area contributed by atoms with E-state index in [2.05, 4.69) is 35.6 Å². The molecule has 0 aliphatic rings. The summed E-state index contributed by atoms with van der Waals surface area (Å²) in [5.74, 6) is 1.04. The Hall–Kier alpha value is -1.31. The highest BCUT2D eigenvalue weighted by atomic mass is 14.9. The molecule has 0 aromatic carbocycles. The second-order valence-corrected chi connectivity index (χ2v) is 2.91. The molecule has 0 amide bonds. The fourth-order valence-electron chi connectivity index (χ4n) is 1.11. The second kappa shape index (κ2) is 5.36. The van der Waals surface area contributed by atoms with E-state index in [4.69, 9.17) is 0 Å². The highest BCUT2D eigenvalue weighted by Gasteiger charge is 1.95. The molecule has 0 saturated heterocycles. The maximum absolute atomic E-state index is 4.22. The lowest BCUT2D eigenvalue weighted by Crippen LogP contribution is -1.85. The van der Waals surface area contributed by atoms with Crippen LogP contribution in [0.4, 0.5) is 0 Å². The van der Waals surface area contributed by atoms with Crippen LogP contribution in [-0.2, 0) is 6.42 Å².